The number of amides is 1. The molecule has 5 nitrogen and oxygen atoms in total. The largest absolute Gasteiger partial charge is 0.475 e. The minimum Gasteiger partial charge on any atom is -0.475 e. The lowest BCUT2D eigenvalue weighted by Gasteiger charge is -2.16. The Labute approximate surface area is 120 Å². The van der Waals surface area contributed by atoms with Crippen LogP contribution in [0.25, 0.3) is 0 Å². The molecule has 1 heterocycles. The molecule has 1 unspecified atom stereocenters. The summed E-state index contributed by atoms with van der Waals surface area (Å²) in [5.41, 5.74) is 6.70. The average Bonchev–Trinajstić information content (AvgIpc) is 2.35. The van der Waals surface area contributed by atoms with Crippen molar-refractivity contribution in [3.63, 3.8) is 0 Å². The van der Waals surface area contributed by atoms with Crippen molar-refractivity contribution in [2.45, 2.75) is 52.8 Å². The van der Waals surface area contributed by atoms with E-state index in [0.29, 0.717) is 24.8 Å². The van der Waals surface area contributed by atoms with Gasteiger partial charge in [0.25, 0.3) is 0 Å². The first kappa shape index (κ1) is 16.4. The summed E-state index contributed by atoms with van der Waals surface area (Å²) >= 11 is 0. The van der Waals surface area contributed by atoms with Crippen molar-refractivity contribution in [2.75, 3.05) is 0 Å². The van der Waals surface area contributed by atoms with E-state index in [1.807, 2.05) is 39.8 Å². The SMILES string of the molecule is CC(C)CC(N)C(=O)NCc1cccnc1OC(C)C. The number of nitrogens with zero attached hydrogens (tertiary/aromatic N) is 1. The molecule has 0 aliphatic rings. The Morgan fingerprint density at radius 3 is 2.70 bits per heavy atom. The number of carbonyl (C=O) groups is 1. The maximum atomic E-state index is 11.9. The lowest BCUT2D eigenvalue weighted by molar-refractivity contribution is -0.122. The molecule has 0 aliphatic heterocycles. The molecule has 0 saturated heterocycles. The Hall–Kier alpha value is -1.62. The number of aromatic nitrogens is 1. The minimum absolute atomic E-state index is 0.0440. The first-order valence-electron chi connectivity index (χ1n) is 7.04. The van der Waals surface area contributed by atoms with Gasteiger partial charge in [-0.05, 0) is 32.3 Å². The van der Waals surface area contributed by atoms with Gasteiger partial charge in [0.2, 0.25) is 11.8 Å². The van der Waals surface area contributed by atoms with Crippen LogP contribution in [0.4, 0.5) is 0 Å². The van der Waals surface area contributed by atoms with E-state index in [1.54, 1.807) is 6.20 Å². The van der Waals surface area contributed by atoms with E-state index in [2.05, 4.69) is 10.3 Å². The first-order chi connectivity index (χ1) is 9.40. The van der Waals surface area contributed by atoms with Gasteiger partial charge in [0.05, 0.1) is 12.1 Å². The number of hydrogen-bond donors (Lipinski definition) is 2. The smallest absolute Gasteiger partial charge is 0.237 e. The molecule has 1 aromatic heterocycles. The van der Waals surface area contributed by atoms with E-state index in [0.717, 1.165) is 5.56 Å². The molecule has 0 aliphatic carbocycles. The first-order valence-corrected chi connectivity index (χ1v) is 7.04. The van der Waals surface area contributed by atoms with Gasteiger partial charge in [-0.3, -0.25) is 4.79 Å². The summed E-state index contributed by atoms with van der Waals surface area (Å²) < 4.78 is 5.61. The number of rotatable bonds is 7. The molecule has 0 spiro atoms. The zero-order valence-electron chi connectivity index (χ0n) is 12.7. The molecular weight excluding hydrogens is 254 g/mol. The predicted molar refractivity (Wildman–Crippen MR) is 79.3 cm³/mol. The fourth-order valence-corrected chi connectivity index (χ4v) is 1.82. The van der Waals surface area contributed by atoms with Gasteiger partial charge in [-0.1, -0.05) is 19.9 Å². The van der Waals surface area contributed by atoms with Crippen LogP contribution in [0, 0.1) is 5.92 Å². The summed E-state index contributed by atoms with van der Waals surface area (Å²) in [5, 5.41) is 2.83. The van der Waals surface area contributed by atoms with Crippen LogP contribution in [0.2, 0.25) is 0 Å². The van der Waals surface area contributed by atoms with E-state index in [9.17, 15) is 4.79 Å². The van der Waals surface area contributed by atoms with Crippen molar-refractivity contribution in [1.29, 1.82) is 0 Å². The molecule has 1 aromatic rings. The van der Waals surface area contributed by atoms with Crippen LogP contribution in [-0.4, -0.2) is 23.0 Å². The van der Waals surface area contributed by atoms with Gasteiger partial charge in [-0.15, -0.1) is 0 Å². The topological polar surface area (TPSA) is 77.2 Å². The summed E-state index contributed by atoms with van der Waals surface area (Å²) in [6, 6.07) is 3.24. The fourth-order valence-electron chi connectivity index (χ4n) is 1.82. The van der Waals surface area contributed by atoms with Crippen LogP contribution in [0.3, 0.4) is 0 Å². The molecule has 1 amide bonds. The third-order valence-corrected chi connectivity index (χ3v) is 2.71. The molecule has 5 heteroatoms. The summed E-state index contributed by atoms with van der Waals surface area (Å²) in [5.74, 6) is 0.812. The van der Waals surface area contributed by atoms with Crippen LogP contribution in [0.1, 0.15) is 39.7 Å². The summed E-state index contributed by atoms with van der Waals surface area (Å²) in [4.78, 5) is 16.1. The molecule has 0 saturated carbocycles. The molecular formula is C15H25N3O2. The van der Waals surface area contributed by atoms with Gasteiger partial charge >= 0.3 is 0 Å². The molecule has 0 bridgehead atoms. The van der Waals surface area contributed by atoms with Crippen LogP contribution < -0.4 is 15.8 Å². The normalized spacial score (nSPS) is 12.6. The highest BCUT2D eigenvalue weighted by Gasteiger charge is 2.15. The summed E-state index contributed by atoms with van der Waals surface area (Å²) in [6.07, 6.45) is 2.39. The Balaban J connectivity index is 2.59. The highest BCUT2D eigenvalue weighted by atomic mass is 16.5. The maximum Gasteiger partial charge on any atom is 0.237 e. The monoisotopic (exact) mass is 279 g/mol. The van der Waals surface area contributed by atoms with Gasteiger partial charge in [0.1, 0.15) is 0 Å². The standard InChI is InChI=1S/C15H25N3O2/c1-10(2)8-13(16)14(19)18-9-12-6-5-7-17-15(12)20-11(3)4/h5-7,10-11,13H,8-9,16H2,1-4H3,(H,18,19). The van der Waals surface area contributed by atoms with Gasteiger partial charge in [-0.25, -0.2) is 4.98 Å². The summed E-state index contributed by atoms with van der Waals surface area (Å²) in [7, 11) is 0. The van der Waals surface area contributed by atoms with Crippen LogP contribution in [-0.2, 0) is 11.3 Å². The van der Waals surface area contributed by atoms with Gasteiger partial charge in [0, 0.05) is 18.3 Å². The lowest BCUT2D eigenvalue weighted by atomic mass is 10.0. The van der Waals surface area contributed by atoms with Crippen molar-refractivity contribution < 1.29 is 9.53 Å². The Bertz CT molecular complexity index is 433. The zero-order valence-corrected chi connectivity index (χ0v) is 12.7. The van der Waals surface area contributed by atoms with Crippen molar-refractivity contribution in [3.8, 4) is 5.88 Å². The third-order valence-electron chi connectivity index (χ3n) is 2.71. The molecule has 20 heavy (non-hydrogen) atoms. The molecule has 0 aromatic carbocycles. The molecule has 112 valence electrons. The van der Waals surface area contributed by atoms with Crippen LogP contribution in [0.15, 0.2) is 18.3 Å². The third kappa shape index (κ3) is 5.57. The summed E-state index contributed by atoms with van der Waals surface area (Å²) in [6.45, 7) is 8.34. The second-order valence-corrected chi connectivity index (χ2v) is 5.59. The van der Waals surface area contributed by atoms with E-state index in [1.165, 1.54) is 0 Å². The fraction of sp³-hybridized carbons (Fsp3) is 0.600. The molecule has 0 radical (unpaired) electrons. The van der Waals surface area contributed by atoms with Crippen LogP contribution >= 0.6 is 0 Å². The lowest BCUT2D eigenvalue weighted by Crippen LogP contribution is -2.41. The number of pyridine rings is 1. The van der Waals surface area contributed by atoms with Gasteiger partial charge < -0.3 is 15.8 Å². The Morgan fingerprint density at radius 1 is 1.40 bits per heavy atom. The number of nitrogens with two attached hydrogens (primary N) is 1. The van der Waals surface area contributed by atoms with Gasteiger partial charge in [0.15, 0.2) is 0 Å². The quantitative estimate of drug-likeness (QED) is 0.798. The number of nitrogens with one attached hydrogen (secondary N) is 1. The van der Waals surface area contributed by atoms with Crippen molar-refractivity contribution >= 4 is 5.91 Å². The van der Waals surface area contributed by atoms with Crippen molar-refractivity contribution in [2.24, 2.45) is 11.7 Å². The number of ether oxygens (including phenoxy) is 1. The van der Waals surface area contributed by atoms with E-state index < -0.39 is 6.04 Å². The van der Waals surface area contributed by atoms with Gasteiger partial charge in [-0.2, -0.15) is 0 Å². The zero-order chi connectivity index (χ0) is 15.1. The minimum atomic E-state index is -0.471. The Kier molecular flexibility index (Phi) is 6.45. The second-order valence-electron chi connectivity index (χ2n) is 5.59. The van der Waals surface area contributed by atoms with E-state index >= 15 is 0 Å². The Morgan fingerprint density at radius 2 is 2.10 bits per heavy atom. The number of carbonyl (C=O) groups excluding carboxylic acids is 1. The van der Waals surface area contributed by atoms with Crippen LogP contribution in [0.5, 0.6) is 5.88 Å². The molecule has 1 rings (SSSR count). The highest BCUT2D eigenvalue weighted by Crippen LogP contribution is 2.15. The molecule has 1 atom stereocenters. The average molecular weight is 279 g/mol. The number of hydrogen-bond acceptors (Lipinski definition) is 4. The maximum absolute atomic E-state index is 11.9. The highest BCUT2D eigenvalue weighted by molar-refractivity contribution is 5.81. The van der Waals surface area contributed by atoms with E-state index in [-0.39, 0.29) is 12.0 Å². The molecule has 0 fully saturated rings. The second kappa shape index (κ2) is 7.85. The predicted octanol–water partition coefficient (Wildman–Crippen LogP) is 1.86. The van der Waals surface area contributed by atoms with Crippen molar-refractivity contribution in [1.82, 2.24) is 10.3 Å². The van der Waals surface area contributed by atoms with E-state index in [4.69, 9.17) is 10.5 Å². The molecule has 3 N–H and O–H groups in total. The van der Waals surface area contributed by atoms with Crippen molar-refractivity contribution in [3.05, 3.63) is 23.9 Å².